The Balaban J connectivity index is 1.50. The molecule has 1 saturated heterocycles. The Morgan fingerprint density at radius 3 is 2.47 bits per heavy atom. The molecule has 1 amide bonds. The van der Waals surface area contributed by atoms with Gasteiger partial charge in [0.1, 0.15) is 17.4 Å². The van der Waals surface area contributed by atoms with Crippen molar-refractivity contribution in [2.45, 2.75) is 6.42 Å². The van der Waals surface area contributed by atoms with Gasteiger partial charge in [-0.1, -0.05) is 18.2 Å². The van der Waals surface area contributed by atoms with Crippen molar-refractivity contribution >= 4 is 17.7 Å². The molecular formula is C29H39N5O4. The van der Waals surface area contributed by atoms with E-state index in [0.29, 0.717) is 36.8 Å². The number of anilines is 1. The van der Waals surface area contributed by atoms with E-state index in [-0.39, 0.29) is 5.57 Å². The zero-order chi connectivity index (χ0) is 27.3. The largest absolute Gasteiger partial charge is 0.495 e. The average molecular weight is 522 g/mol. The molecule has 0 unspecified atom stereocenters. The van der Waals surface area contributed by atoms with Crippen LogP contribution in [0.2, 0.25) is 0 Å². The Morgan fingerprint density at radius 1 is 1.05 bits per heavy atom. The molecule has 3 rings (SSSR count). The number of amides is 1. The number of hydrogen-bond donors (Lipinski definition) is 1. The summed E-state index contributed by atoms with van der Waals surface area (Å²) >= 11 is 0. The molecule has 1 aliphatic heterocycles. The predicted octanol–water partition coefficient (Wildman–Crippen LogP) is 2.88. The minimum Gasteiger partial charge on any atom is -0.495 e. The number of methoxy groups -OCH3 is 2. The minimum atomic E-state index is -0.390. The normalized spacial score (nSPS) is 14.2. The Morgan fingerprint density at radius 2 is 1.79 bits per heavy atom. The van der Waals surface area contributed by atoms with Gasteiger partial charge in [0.2, 0.25) is 0 Å². The van der Waals surface area contributed by atoms with Gasteiger partial charge in [-0.2, -0.15) is 5.26 Å². The minimum absolute atomic E-state index is 0.0483. The lowest BCUT2D eigenvalue weighted by atomic mass is 10.1. The molecule has 1 fully saturated rings. The molecule has 0 aliphatic carbocycles. The first kappa shape index (κ1) is 28.8. The highest BCUT2D eigenvalue weighted by atomic mass is 16.5. The van der Waals surface area contributed by atoms with Crippen molar-refractivity contribution in [3.8, 4) is 23.3 Å². The summed E-state index contributed by atoms with van der Waals surface area (Å²) in [6.07, 6.45) is 2.44. The molecule has 1 aliphatic rings. The summed E-state index contributed by atoms with van der Waals surface area (Å²) in [4.78, 5) is 19.1. The van der Waals surface area contributed by atoms with Crippen molar-refractivity contribution in [1.29, 1.82) is 5.26 Å². The van der Waals surface area contributed by atoms with Gasteiger partial charge in [-0.05, 0) is 56.4 Å². The molecule has 1 heterocycles. The summed E-state index contributed by atoms with van der Waals surface area (Å²) in [7, 11) is 7.16. The number of nitriles is 1. The Bertz CT molecular complexity index is 1120. The van der Waals surface area contributed by atoms with Crippen LogP contribution in [0.5, 0.6) is 17.2 Å². The van der Waals surface area contributed by atoms with Crippen molar-refractivity contribution < 1.29 is 19.0 Å². The van der Waals surface area contributed by atoms with Gasteiger partial charge in [0.05, 0.1) is 26.5 Å². The van der Waals surface area contributed by atoms with Crippen molar-refractivity contribution in [2.24, 2.45) is 0 Å². The quantitative estimate of drug-likeness (QED) is 0.245. The summed E-state index contributed by atoms with van der Waals surface area (Å²) in [5.74, 6) is 1.72. The molecule has 9 nitrogen and oxygen atoms in total. The molecule has 0 radical (unpaired) electrons. The molecule has 0 atom stereocenters. The summed E-state index contributed by atoms with van der Waals surface area (Å²) < 4.78 is 17.0. The summed E-state index contributed by atoms with van der Waals surface area (Å²) in [5.41, 5.74) is 1.89. The van der Waals surface area contributed by atoms with Gasteiger partial charge in [0, 0.05) is 45.8 Å². The topological polar surface area (TPSA) is 90.3 Å². The van der Waals surface area contributed by atoms with E-state index in [1.165, 1.54) is 0 Å². The van der Waals surface area contributed by atoms with E-state index in [0.717, 1.165) is 50.6 Å². The van der Waals surface area contributed by atoms with Crippen molar-refractivity contribution in [3.63, 3.8) is 0 Å². The SMILES string of the molecule is COc1ccc(/C=C(\C#N)C(=O)NCCN(C)C)cc1OCCCN1CCN(c2ccccc2OC)CC1. The second-order valence-corrected chi connectivity index (χ2v) is 9.34. The van der Waals surface area contributed by atoms with Crippen molar-refractivity contribution in [3.05, 3.63) is 53.6 Å². The van der Waals surface area contributed by atoms with Crippen molar-refractivity contribution in [1.82, 2.24) is 15.1 Å². The number of para-hydroxylation sites is 2. The van der Waals surface area contributed by atoms with Crippen LogP contribution in [0.15, 0.2) is 48.0 Å². The number of nitrogens with zero attached hydrogens (tertiary/aromatic N) is 4. The third kappa shape index (κ3) is 8.40. The van der Waals surface area contributed by atoms with Crippen LogP contribution < -0.4 is 24.4 Å². The van der Waals surface area contributed by atoms with Crippen LogP contribution in [0.1, 0.15) is 12.0 Å². The zero-order valence-electron chi connectivity index (χ0n) is 22.9. The lowest BCUT2D eigenvalue weighted by molar-refractivity contribution is -0.117. The van der Waals surface area contributed by atoms with Gasteiger partial charge in [0.25, 0.3) is 5.91 Å². The number of hydrogen-bond acceptors (Lipinski definition) is 8. The first-order valence-corrected chi connectivity index (χ1v) is 12.9. The van der Waals surface area contributed by atoms with Crippen LogP contribution in [-0.2, 0) is 4.79 Å². The van der Waals surface area contributed by atoms with E-state index in [9.17, 15) is 10.1 Å². The van der Waals surface area contributed by atoms with Crippen molar-refractivity contribution in [2.75, 3.05) is 85.6 Å². The van der Waals surface area contributed by atoms with E-state index in [4.69, 9.17) is 14.2 Å². The van der Waals surface area contributed by atoms with Crippen LogP contribution >= 0.6 is 0 Å². The van der Waals surface area contributed by atoms with E-state index >= 15 is 0 Å². The number of benzene rings is 2. The summed E-state index contributed by atoms with van der Waals surface area (Å²) in [6.45, 7) is 6.50. The lowest BCUT2D eigenvalue weighted by Crippen LogP contribution is -2.46. The Labute approximate surface area is 226 Å². The maximum atomic E-state index is 12.4. The van der Waals surface area contributed by atoms with Crippen LogP contribution in [0.25, 0.3) is 6.08 Å². The second-order valence-electron chi connectivity index (χ2n) is 9.34. The fourth-order valence-corrected chi connectivity index (χ4v) is 4.27. The molecular weight excluding hydrogens is 482 g/mol. The van der Waals surface area contributed by atoms with Crippen LogP contribution in [0.4, 0.5) is 5.69 Å². The van der Waals surface area contributed by atoms with Gasteiger partial charge in [-0.3, -0.25) is 9.69 Å². The first-order valence-electron chi connectivity index (χ1n) is 12.9. The Kier molecular flexibility index (Phi) is 11.3. The third-order valence-electron chi connectivity index (χ3n) is 6.38. The molecule has 0 spiro atoms. The van der Waals surface area contributed by atoms with Crippen LogP contribution in [0.3, 0.4) is 0 Å². The summed E-state index contributed by atoms with van der Waals surface area (Å²) in [5, 5.41) is 12.3. The van der Waals surface area contributed by atoms with E-state index in [1.807, 2.05) is 43.3 Å². The van der Waals surface area contributed by atoms with Gasteiger partial charge in [0.15, 0.2) is 11.5 Å². The maximum Gasteiger partial charge on any atom is 0.261 e. The average Bonchev–Trinajstić information content (AvgIpc) is 2.94. The highest BCUT2D eigenvalue weighted by Gasteiger charge is 2.19. The standard InChI is InChI=1S/C29H39N5O4/c1-32(2)14-12-31-29(35)24(22-30)20-23-10-11-27(37-4)28(21-23)38-19-7-13-33-15-17-34(18-16-33)25-8-5-6-9-26(25)36-3/h5-6,8-11,20-21H,7,12-19H2,1-4H3,(H,31,35)/b24-20+. The highest BCUT2D eigenvalue weighted by molar-refractivity contribution is 6.01. The number of rotatable bonds is 13. The van der Waals surface area contributed by atoms with E-state index < -0.39 is 5.91 Å². The summed E-state index contributed by atoms with van der Waals surface area (Å²) in [6, 6.07) is 15.5. The molecule has 2 aromatic rings. The van der Waals surface area contributed by atoms with Crippen LogP contribution in [-0.4, -0.2) is 96.4 Å². The molecule has 38 heavy (non-hydrogen) atoms. The number of carbonyl (C=O) groups excluding carboxylic acids is 1. The highest BCUT2D eigenvalue weighted by Crippen LogP contribution is 2.30. The van der Waals surface area contributed by atoms with Gasteiger partial charge < -0.3 is 29.3 Å². The predicted molar refractivity (Wildman–Crippen MR) is 150 cm³/mol. The van der Waals surface area contributed by atoms with Crippen LogP contribution in [0, 0.1) is 11.3 Å². The monoisotopic (exact) mass is 521 g/mol. The molecule has 0 saturated carbocycles. The van der Waals surface area contributed by atoms with E-state index in [2.05, 4.69) is 21.2 Å². The number of ether oxygens (including phenoxy) is 3. The number of piperazine rings is 1. The molecule has 0 bridgehead atoms. The molecule has 2 aromatic carbocycles. The van der Waals surface area contributed by atoms with Gasteiger partial charge in [-0.25, -0.2) is 0 Å². The third-order valence-corrected chi connectivity index (χ3v) is 6.38. The van der Waals surface area contributed by atoms with Gasteiger partial charge in [-0.15, -0.1) is 0 Å². The number of likely N-dealkylation sites (N-methyl/N-ethyl adjacent to an activating group) is 1. The maximum absolute atomic E-state index is 12.4. The molecule has 204 valence electrons. The van der Waals surface area contributed by atoms with E-state index in [1.54, 1.807) is 38.5 Å². The number of nitrogens with one attached hydrogen (secondary N) is 1. The molecule has 9 heteroatoms. The number of carbonyl (C=O) groups is 1. The fourth-order valence-electron chi connectivity index (χ4n) is 4.27. The fraction of sp³-hybridized carbons (Fsp3) is 0.448. The molecule has 0 aromatic heterocycles. The van der Waals surface area contributed by atoms with Gasteiger partial charge >= 0.3 is 0 Å². The first-order chi connectivity index (χ1) is 18.4. The molecule has 1 N–H and O–H groups in total. The lowest BCUT2D eigenvalue weighted by Gasteiger charge is -2.36. The second kappa shape index (κ2) is 14.9. The Hall–Kier alpha value is -3.74. The smallest absolute Gasteiger partial charge is 0.261 e. The zero-order valence-corrected chi connectivity index (χ0v) is 22.9.